The summed E-state index contributed by atoms with van der Waals surface area (Å²) in [6.45, 7) is 1.22. The van der Waals surface area contributed by atoms with Gasteiger partial charge in [-0.25, -0.2) is 8.42 Å². The lowest BCUT2D eigenvalue weighted by molar-refractivity contribution is 0.199. The third kappa shape index (κ3) is 5.53. The zero-order valence-electron chi connectivity index (χ0n) is 12.6. The Labute approximate surface area is 126 Å². The third-order valence-electron chi connectivity index (χ3n) is 2.99. The number of anilines is 1. The van der Waals surface area contributed by atoms with Crippen LogP contribution in [0.3, 0.4) is 0 Å². The van der Waals surface area contributed by atoms with E-state index in [4.69, 9.17) is 15.2 Å². The molecule has 0 heterocycles. The van der Waals surface area contributed by atoms with Crippen LogP contribution in [0.2, 0.25) is 0 Å². The number of nitrogens with two attached hydrogens (primary N) is 1. The van der Waals surface area contributed by atoms with Gasteiger partial charge in [0.25, 0.3) is 0 Å². The topological polar surface area (TPSA) is 81.9 Å². The minimum Gasteiger partial charge on any atom is -0.497 e. The van der Waals surface area contributed by atoms with Crippen LogP contribution in [-0.2, 0) is 14.8 Å². The van der Waals surface area contributed by atoms with Crippen molar-refractivity contribution in [1.82, 2.24) is 0 Å². The molecule has 0 spiro atoms. The minimum absolute atomic E-state index is 0.0443. The van der Waals surface area contributed by atoms with Gasteiger partial charge in [0.05, 0.1) is 18.6 Å². The van der Waals surface area contributed by atoms with Gasteiger partial charge in [0.1, 0.15) is 5.75 Å². The standard InChI is InChI=1S/C14H24N2O4S/c1-19-10-5-11-21(17,18)16(9-4-8-15)13-6-3-7-14(12-13)20-2/h3,6-7,12H,4-5,8-11,15H2,1-2H3. The van der Waals surface area contributed by atoms with Crippen LogP contribution in [-0.4, -0.2) is 48.1 Å². The van der Waals surface area contributed by atoms with Crippen molar-refractivity contribution in [3.05, 3.63) is 24.3 Å². The quantitative estimate of drug-likeness (QED) is 0.656. The van der Waals surface area contributed by atoms with E-state index < -0.39 is 10.0 Å². The molecule has 0 unspecified atom stereocenters. The summed E-state index contributed by atoms with van der Waals surface area (Å²) in [6, 6.07) is 7.02. The third-order valence-corrected chi connectivity index (χ3v) is 4.86. The number of nitrogens with zero attached hydrogens (tertiary/aromatic N) is 1. The van der Waals surface area contributed by atoms with Crippen LogP contribution >= 0.6 is 0 Å². The maximum atomic E-state index is 12.5. The van der Waals surface area contributed by atoms with Gasteiger partial charge in [-0.2, -0.15) is 0 Å². The first-order valence-corrected chi connectivity index (χ1v) is 8.49. The second-order valence-corrected chi connectivity index (χ2v) is 6.59. The lowest BCUT2D eigenvalue weighted by Crippen LogP contribution is -2.35. The van der Waals surface area contributed by atoms with E-state index in [0.717, 1.165) is 0 Å². The van der Waals surface area contributed by atoms with Crippen LogP contribution in [0.25, 0.3) is 0 Å². The van der Waals surface area contributed by atoms with Crippen molar-refractivity contribution in [2.45, 2.75) is 12.8 Å². The van der Waals surface area contributed by atoms with Gasteiger partial charge in [-0.1, -0.05) is 6.07 Å². The van der Waals surface area contributed by atoms with Crippen molar-refractivity contribution >= 4 is 15.7 Å². The molecular weight excluding hydrogens is 292 g/mol. The van der Waals surface area contributed by atoms with Crippen LogP contribution in [0.4, 0.5) is 5.69 Å². The lowest BCUT2D eigenvalue weighted by Gasteiger charge is -2.24. The molecule has 0 saturated carbocycles. The Kier molecular flexibility index (Phi) is 7.49. The molecule has 0 amide bonds. The summed E-state index contributed by atoms with van der Waals surface area (Å²) >= 11 is 0. The van der Waals surface area contributed by atoms with Crippen molar-refractivity contribution in [3.63, 3.8) is 0 Å². The average molecular weight is 316 g/mol. The molecule has 0 saturated heterocycles. The Morgan fingerprint density at radius 1 is 1.24 bits per heavy atom. The average Bonchev–Trinajstić information content (AvgIpc) is 2.48. The van der Waals surface area contributed by atoms with Gasteiger partial charge in [-0.3, -0.25) is 4.31 Å². The van der Waals surface area contributed by atoms with Crippen molar-refractivity contribution in [2.24, 2.45) is 5.73 Å². The first-order valence-electron chi connectivity index (χ1n) is 6.88. The predicted octanol–water partition coefficient (Wildman–Crippen LogP) is 1.22. The lowest BCUT2D eigenvalue weighted by atomic mass is 10.3. The number of benzene rings is 1. The number of rotatable bonds is 10. The van der Waals surface area contributed by atoms with E-state index in [2.05, 4.69) is 0 Å². The first kappa shape index (κ1) is 17.7. The number of hydrogen-bond acceptors (Lipinski definition) is 5. The fourth-order valence-corrected chi connectivity index (χ4v) is 3.47. The summed E-state index contributed by atoms with van der Waals surface area (Å²) in [5, 5.41) is 0. The number of sulfonamides is 1. The molecule has 6 nitrogen and oxygen atoms in total. The highest BCUT2D eigenvalue weighted by atomic mass is 32.2. The second-order valence-electron chi connectivity index (χ2n) is 4.58. The van der Waals surface area contributed by atoms with Crippen LogP contribution in [0, 0.1) is 0 Å². The molecular formula is C14H24N2O4S. The van der Waals surface area contributed by atoms with Gasteiger partial charge in [0.15, 0.2) is 0 Å². The summed E-state index contributed by atoms with van der Waals surface area (Å²) < 4.78 is 36.5. The normalized spacial score (nSPS) is 11.4. The van der Waals surface area contributed by atoms with E-state index in [-0.39, 0.29) is 5.75 Å². The number of methoxy groups -OCH3 is 2. The molecule has 120 valence electrons. The Morgan fingerprint density at radius 2 is 2.00 bits per heavy atom. The number of ether oxygens (including phenoxy) is 2. The highest BCUT2D eigenvalue weighted by molar-refractivity contribution is 7.92. The Balaban J connectivity index is 2.97. The van der Waals surface area contributed by atoms with Gasteiger partial charge < -0.3 is 15.2 Å². The minimum atomic E-state index is -3.40. The van der Waals surface area contributed by atoms with Crippen LogP contribution < -0.4 is 14.8 Å². The largest absolute Gasteiger partial charge is 0.497 e. The summed E-state index contributed by atoms with van der Waals surface area (Å²) in [4.78, 5) is 0. The SMILES string of the molecule is COCCCS(=O)(=O)N(CCCN)c1cccc(OC)c1. The molecule has 0 fully saturated rings. The molecule has 2 N–H and O–H groups in total. The molecule has 0 radical (unpaired) electrons. The van der Waals surface area contributed by atoms with Gasteiger partial charge in [0, 0.05) is 26.3 Å². The molecule has 0 aromatic heterocycles. The summed E-state index contributed by atoms with van der Waals surface area (Å²) in [6.07, 6.45) is 1.06. The van der Waals surface area contributed by atoms with Crippen molar-refractivity contribution in [1.29, 1.82) is 0 Å². The van der Waals surface area contributed by atoms with E-state index in [1.807, 2.05) is 0 Å². The molecule has 7 heteroatoms. The van der Waals surface area contributed by atoms with E-state index in [1.165, 1.54) is 4.31 Å². The van der Waals surface area contributed by atoms with Crippen LogP contribution in [0.5, 0.6) is 5.75 Å². The van der Waals surface area contributed by atoms with Gasteiger partial charge in [-0.15, -0.1) is 0 Å². The van der Waals surface area contributed by atoms with Gasteiger partial charge in [0.2, 0.25) is 10.0 Å². The Hall–Kier alpha value is -1.31. The van der Waals surface area contributed by atoms with E-state index in [1.54, 1.807) is 38.5 Å². The fourth-order valence-electron chi connectivity index (χ4n) is 1.93. The van der Waals surface area contributed by atoms with E-state index in [0.29, 0.717) is 44.0 Å². The molecule has 0 aliphatic rings. The van der Waals surface area contributed by atoms with Crippen molar-refractivity contribution < 1.29 is 17.9 Å². The molecule has 0 aliphatic heterocycles. The summed E-state index contributed by atoms with van der Waals surface area (Å²) in [7, 11) is -0.294. The maximum absolute atomic E-state index is 12.5. The predicted molar refractivity (Wildman–Crippen MR) is 84.3 cm³/mol. The van der Waals surface area contributed by atoms with E-state index in [9.17, 15) is 8.42 Å². The maximum Gasteiger partial charge on any atom is 0.235 e. The smallest absolute Gasteiger partial charge is 0.235 e. The zero-order valence-corrected chi connectivity index (χ0v) is 13.4. The first-order chi connectivity index (χ1) is 10.0. The van der Waals surface area contributed by atoms with Crippen LogP contribution in [0.1, 0.15) is 12.8 Å². The van der Waals surface area contributed by atoms with Gasteiger partial charge >= 0.3 is 0 Å². The van der Waals surface area contributed by atoms with Gasteiger partial charge in [-0.05, 0) is 31.5 Å². The second kappa shape index (κ2) is 8.86. The fraction of sp³-hybridized carbons (Fsp3) is 0.571. The molecule has 0 bridgehead atoms. The molecule has 0 atom stereocenters. The molecule has 1 aromatic carbocycles. The van der Waals surface area contributed by atoms with E-state index >= 15 is 0 Å². The highest BCUT2D eigenvalue weighted by Crippen LogP contribution is 2.24. The van der Waals surface area contributed by atoms with Crippen molar-refractivity contribution in [3.8, 4) is 5.75 Å². The molecule has 1 aromatic rings. The Bertz CT molecular complexity index is 519. The Morgan fingerprint density at radius 3 is 2.62 bits per heavy atom. The zero-order chi connectivity index (χ0) is 15.7. The molecule has 0 aliphatic carbocycles. The van der Waals surface area contributed by atoms with Crippen molar-refractivity contribution in [2.75, 3.05) is 44.0 Å². The summed E-state index contributed by atoms with van der Waals surface area (Å²) in [5.41, 5.74) is 6.11. The molecule has 21 heavy (non-hydrogen) atoms. The molecule has 1 rings (SSSR count). The highest BCUT2D eigenvalue weighted by Gasteiger charge is 2.22. The summed E-state index contributed by atoms with van der Waals surface area (Å²) in [5.74, 6) is 0.667. The number of hydrogen-bond donors (Lipinski definition) is 1. The monoisotopic (exact) mass is 316 g/mol. The van der Waals surface area contributed by atoms with Crippen LogP contribution in [0.15, 0.2) is 24.3 Å².